The largest absolute Gasteiger partial charge is 0.416 e. The number of hydrogen-bond donors (Lipinski definition) is 0. The van der Waals surface area contributed by atoms with Crippen LogP contribution in [0.4, 0.5) is 17.6 Å². The third-order valence-electron chi connectivity index (χ3n) is 1.44. The van der Waals surface area contributed by atoms with Crippen LogP contribution in [0.3, 0.4) is 0 Å². The monoisotopic (exact) mass is 192 g/mol. The summed E-state index contributed by atoms with van der Waals surface area (Å²) < 4.78 is 47.8. The third-order valence-corrected chi connectivity index (χ3v) is 1.44. The smallest absolute Gasteiger partial charge is 0.255 e. The summed E-state index contributed by atoms with van der Waals surface area (Å²) >= 11 is 0. The van der Waals surface area contributed by atoms with Gasteiger partial charge in [-0.15, -0.1) is 0 Å². The van der Waals surface area contributed by atoms with Crippen molar-refractivity contribution >= 4 is 6.04 Å². The summed E-state index contributed by atoms with van der Waals surface area (Å²) in [7, 11) is 0. The van der Waals surface area contributed by atoms with Crippen molar-refractivity contribution in [2.45, 2.75) is 6.18 Å². The summed E-state index contributed by atoms with van der Waals surface area (Å²) in [5.74, 6) is 0. The Kier molecular flexibility index (Phi) is 2.36. The van der Waals surface area contributed by atoms with Gasteiger partial charge in [-0.05, 0) is 24.3 Å². The van der Waals surface area contributed by atoms with E-state index in [1.54, 1.807) is 0 Å². The summed E-state index contributed by atoms with van der Waals surface area (Å²) in [6, 6.07) is 1.17. The highest BCUT2D eigenvalue weighted by molar-refractivity contribution is 5.88. The topological polar surface area (TPSA) is 17.1 Å². The SMILES string of the molecule is O=C(F)c1ccc(C(F)(F)F)cc1. The molecule has 0 saturated carbocycles. The van der Waals surface area contributed by atoms with Crippen LogP contribution in [0, 0.1) is 0 Å². The van der Waals surface area contributed by atoms with Gasteiger partial charge in [-0.3, -0.25) is 4.79 Å². The first-order valence-corrected chi connectivity index (χ1v) is 3.28. The Hall–Kier alpha value is -1.39. The third kappa shape index (κ3) is 2.27. The van der Waals surface area contributed by atoms with Crippen LogP contribution in [0.5, 0.6) is 0 Å². The van der Waals surface area contributed by atoms with Gasteiger partial charge in [0, 0.05) is 0 Å². The van der Waals surface area contributed by atoms with Crippen molar-refractivity contribution in [3.8, 4) is 0 Å². The summed E-state index contributed by atoms with van der Waals surface area (Å²) in [5, 5.41) is 0. The molecule has 0 aliphatic carbocycles. The first kappa shape index (κ1) is 9.70. The highest BCUT2D eigenvalue weighted by atomic mass is 19.4. The molecule has 0 N–H and O–H groups in total. The van der Waals surface area contributed by atoms with Gasteiger partial charge in [-0.1, -0.05) is 0 Å². The number of rotatable bonds is 1. The van der Waals surface area contributed by atoms with Crippen molar-refractivity contribution in [1.82, 2.24) is 0 Å². The van der Waals surface area contributed by atoms with E-state index in [2.05, 4.69) is 0 Å². The second-order valence-corrected chi connectivity index (χ2v) is 2.35. The predicted octanol–water partition coefficient (Wildman–Crippen LogP) is 2.82. The van der Waals surface area contributed by atoms with Crippen LogP contribution in [0.2, 0.25) is 0 Å². The fraction of sp³-hybridized carbons (Fsp3) is 0.125. The fourth-order valence-electron chi connectivity index (χ4n) is 0.790. The average Bonchev–Trinajstić information content (AvgIpc) is 2.03. The standard InChI is InChI=1S/C8H4F4O/c9-7(13)5-1-3-6(4-2-5)8(10,11)12/h1-4H. The van der Waals surface area contributed by atoms with Gasteiger partial charge in [0.15, 0.2) is 0 Å². The van der Waals surface area contributed by atoms with Crippen LogP contribution in [-0.2, 0) is 6.18 Å². The fourth-order valence-corrected chi connectivity index (χ4v) is 0.790. The molecule has 13 heavy (non-hydrogen) atoms. The summed E-state index contributed by atoms with van der Waals surface area (Å²) in [5.41, 5.74) is -1.29. The number of hydrogen-bond acceptors (Lipinski definition) is 1. The van der Waals surface area contributed by atoms with Gasteiger partial charge in [0.05, 0.1) is 11.1 Å². The van der Waals surface area contributed by atoms with Crippen molar-refractivity contribution < 1.29 is 22.4 Å². The van der Waals surface area contributed by atoms with Gasteiger partial charge in [0.25, 0.3) is 0 Å². The quantitative estimate of drug-likeness (QED) is 0.494. The lowest BCUT2D eigenvalue weighted by atomic mass is 10.1. The molecular formula is C8H4F4O. The van der Waals surface area contributed by atoms with Crippen LogP contribution in [0.15, 0.2) is 24.3 Å². The van der Waals surface area contributed by atoms with E-state index in [0.29, 0.717) is 12.1 Å². The Labute approximate surface area is 71.0 Å². The Morgan fingerprint density at radius 3 is 1.85 bits per heavy atom. The number of carbonyl (C=O) groups is 1. The molecule has 0 heterocycles. The number of benzene rings is 1. The molecule has 0 atom stereocenters. The zero-order valence-corrected chi connectivity index (χ0v) is 6.23. The van der Waals surface area contributed by atoms with E-state index in [1.165, 1.54) is 0 Å². The van der Waals surface area contributed by atoms with E-state index >= 15 is 0 Å². The van der Waals surface area contributed by atoms with Crippen molar-refractivity contribution in [1.29, 1.82) is 0 Å². The molecule has 1 aromatic carbocycles. The first-order chi connectivity index (χ1) is 5.91. The maximum atomic E-state index is 11.9. The first-order valence-electron chi connectivity index (χ1n) is 3.28. The molecule has 0 radical (unpaired) electrons. The molecular weight excluding hydrogens is 188 g/mol. The minimum Gasteiger partial charge on any atom is -0.255 e. The van der Waals surface area contributed by atoms with Gasteiger partial charge >= 0.3 is 12.2 Å². The molecule has 70 valence electrons. The van der Waals surface area contributed by atoms with Crippen molar-refractivity contribution in [2.24, 2.45) is 0 Å². The second-order valence-electron chi connectivity index (χ2n) is 2.35. The number of alkyl halides is 3. The van der Waals surface area contributed by atoms with E-state index in [9.17, 15) is 22.4 Å². The van der Waals surface area contributed by atoms with E-state index in [-0.39, 0.29) is 5.56 Å². The molecule has 1 rings (SSSR count). The van der Waals surface area contributed by atoms with Crippen LogP contribution in [-0.4, -0.2) is 6.04 Å². The Balaban J connectivity index is 3.01. The van der Waals surface area contributed by atoms with Crippen molar-refractivity contribution in [2.75, 3.05) is 0 Å². The number of halogens is 4. The van der Waals surface area contributed by atoms with Gasteiger partial charge in [0.2, 0.25) is 0 Å². The lowest BCUT2D eigenvalue weighted by Gasteiger charge is -2.05. The van der Waals surface area contributed by atoms with E-state index in [1.807, 2.05) is 0 Å². The maximum Gasteiger partial charge on any atom is 0.416 e. The molecule has 0 fully saturated rings. The Morgan fingerprint density at radius 2 is 1.54 bits per heavy atom. The molecule has 1 aromatic rings. The van der Waals surface area contributed by atoms with Crippen LogP contribution in [0.25, 0.3) is 0 Å². The molecule has 0 unspecified atom stereocenters. The average molecular weight is 192 g/mol. The molecule has 0 aliphatic rings. The summed E-state index contributed by atoms with van der Waals surface area (Å²) in [6.45, 7) is 0. The van der Waals surface area contributed by atoms with Crippen LogP contribution >= 0.6 is 0 Å². The summed E-state index contributed by atoms with van der Waals surface area (Å²) in [6.07, 6.45) is -4.46. The maximum absolute atomic E-state index is 11.9. The molecule has 0 aliphatic heterocycles. The zero-order valence-electron chi connectivity index (χ0n) is 6.23. The number of carbonyl (C=O) groups excluding carboxylic acids is 1. The molecule has 1 nitrogen and oxygen atoms in total. The van der Waals surface area contributed by atoms with E-state index < -0.39 is 17.8 Å². The molecule has 0 saturated heterocycles. The van der Waals surface area contributed by atoms with Gasteiger partial charge in [0.1, 0.15) is 0 Å². The minimum atomic E-state index is -4.46. The van der Waals surface area contributed by atoms with Crippen LogP contribution in [0.1, 0.15) is 15.9 Å². The van der Waals surface area contributed by atoms with E-state index in [0.717, 1.165) is 12.1 Å². The predicted molar refractivity (Wildman–Crippen MR) is 36.9 cm³/mol. The molecule has 5 heteroatoms. The highest BCUT2D eigenvalue weighted by Gasteiger charge is 2.30. The van der Waals surface area contributed by atoms with Crippen molar-refractivity contribution in [3.05, 3.63) is 35.4 Å². The second kappa shape index (κ2) is 3.16. The zero-order chi connectivity index (χ0) is 10.1. The van der Waals surface area contributed by atoms with Crippen LogP contribution < -0.4 is 0 Å². The van der Waals surface area contributed by atoms with Gasteiger partial charge in [-0.25, -0.2) is 0 Å². The molecule has 0 amide bonds. The molecule has 0 spiro atoms. The van der Waals surface area contributed by atoms with E-state index in [4.69, 9.17) is 0 Å². The Morgan fingerprint density at radius 1 is 1.08 bits per heavy atom. The van der Waals surface area contributed by atoms with Crippen molar-refractivity contribution in [3.63, 3.8) is 0 Å². The lowest BCUT2D eigenvalue weighted by molar-refractivity contribution is -0.137. The highest BCUT2D eigenvalue weighted by Crippen LogP contribution is 2.29. The lowest BCUT2D eigenvalue weighted by Crippen LogP contribution is -2.04. The molecule has 0 aromatic heterocycles. The molecule has 0 bridgehead atoms. The van der Waals surface area contributed by atoms with Gasteiger partial charge in [-0.2, -0.15) is 17.6 Å². The van der Waals surface area contributed by atoms with Gasteiger partial charge < -0.3 is 0 Å². The summed E-state index contributed by atoms with van der Waals surface area (Å²) in [4.78, 5) is 10.1. The Bertz CT molecular complexity index is 312. The minimum absolute atomic E-state index is 0.381. The normalized spacial score (nSPS) is 11.4.